The van der Waals surface area contributed by atoms with Crippen molar-refractivity contribution in [2.24, 2.45) is 0 Å². The number of hydrogen-bond donors (Lipinski definition) is 2. The van der Waals surface area contributed by atoms with Crippen LogP contribution in [0.5, 0.6) is 0 Å². The number of carbonyl (C=O) groups excluding carboxylic acids is 1. The first-order valence-corrected chi connectivity index (χ1v) is 22.9. The van der Waals surface area contributed by atoms with Gasteiger partial charge in [-0.15, -0.1) is 0 Å². The molecule has 1 atom stereocenters. The van der Waals surface area contributed by atoms with Crippen LogP contribution in [0.1, 0.15) is 90.7 Å². The van der Waals surface area contributed by atoms with Crippen molar-refractivity contribution in [1.29, 1.82) is 0 Å². The standard InChI is InChI=1S/C50H62N4O5S/c1-7-53(8-2)40-28-30-43-47(34-40)59-46(36(3)49(43)37-18-11-9-12-19-37)22-17-23-48-50(4,5)44-35-42(60(56,57)58)29-31-45(44)54(48)33-15-10-13-20-41(55)21-14-16-32-52(6)39-26-24-38(51)25-27-39/h9,11-12,17-19,22-31,34-35,40H,7-8,10,13-16,20-21,32-33,51H2,1-6H3,(H,56,57,58)/b22-17+,48-23+. The van der Waals surface area contributed by atoms with Crippen molar-refractivity contribution in [3.05, 3.63) is 149 Å². The highest BCUT2D eigenvalue weighted by Gasteiger charge is 2.40. The molecule has 0 spiro atoms. The van der Waals surface area contributed by atoms with Crippen molar-refractivity contribution in [1.82, 2.24) is 4.90 Å². The predicted molar refractivity (Wildman–Crippen MR) is 246 cm³/mol. The Labute approximate surface area is 358 Å². The molecule has 0 bridgehead atoms. The molecular weight excluding hydrogens is 769 g/mol. The number of fused-ring (bicyclic) bond motifs is 2. The fourth-order valence-corrected chi connectivity index (χ4v) is 9.11. The zero-order chi connectivity index (χ0) is 43.0. The Morgan fingerprint density at radius 3 is 2.33 bits per heavy atom. The number of allylic oxidation sites excluding steroid dienone is 7. The molecule has 0 amide bonds. The fraction of sp³-hybridized carbons (Fsp3) is 0.380. The van der Waals surface area contributed by atoms with Crippen molar-refractivity contribution >= 4 is 38.5 Å². The number of likely N-dealkylation sites (N-methyl/N-ethyl adjacent to an activating group) is 1. The molecule has 0 aromatic heterocycles. The van der Waals surface area contributed by atoms with Crippen LogP contribution in [-0.2, 0) is 25.1 Å². The third-order valence-corrected chi connectivity index (χ3v) is 13.0. The number of nitrogens with two attached hydrogens (primary N) is 1. The highest BCUT2D eigenvalue weighted by Crippen LogP contribution is 2.49. The van der Waals surface area contributed by atoms with E-state index in [-0.39, 0.29) is 10.9 Å². The summed E-state index contributed by atoms with van der Waals surface area (Å²) in [7, 11) is -2.33. The van der Waals surface area contributed by atoms with Gasteiger partial charge in [-0.2, -0.15) is 8.42 Å². The Bertz CT molecular complexity index is 2320. The van der Waals surface area contributed by atoms with Gasteiger partial charge in [0, 0.05) is 72.3 Å². The lowest BCUT2D eigenvalue weighted by Gasteiger charge is -2.32. The molecule has 10 heteroatoms. The van der Waals surface area contributed by atoms with Gasteiger partial charge < -0.3 is 20.3 Å². The van der Waals surface area contributed by atoms with E-state index in [1.165, 1.54) is 6.07 Å². The summed E-state index contributed by atoms with van der Waals surface area (Å²) >= 11 is 0. The molecule has 2 heterocycles. The Morgan fingerprint density at radius 2 is 1.65 bits per heavy atom. The summed E-state index contributed by atoms with van der Waals surface area (Å²) < 4.78 is 41.1. The minimum absolute atomic E-state index is 0.119. The largest absolute Gasteiger partial charge is 0.457 e. The van der Waals surface area contributed by atoms with Crippen LogP contribution in [0.3, 0.4) is 0 Å². The SMILES string of the molecule is CCN(CC)C1C=CC2=C(c3ccccc3)C(C)=C(/C=C/C=C3/N(CCCCCC(=O)CCCCN(C)c4ccc(N)cc4)c4ccc(S(=O)(=O)O)cc4C3(C)C)OC2=C1. The molecule has 1 aliphatic carbocycles. The minimum Gasteiger partial charge on any atom is -0.457 e. The number of anilines is 3. The molecule has 1 unspecified atom stereocenters. The summed E-state index contributed by atoms with van der Waals surface area (Å²) in [6.07, 6.45) is 18.3. The van der Waals surface area contributed by atoms with Gasteiger partial charge in [-0.3, -0.25) is 14.2 Å². The molecule has 0 saturated heterocycles. The average molecular weight is 831 g/mol. The molecule has 0 radical (unpaired) electrons. The van der Waals surface area contributed by atoms with Crippen molar-refractivity contribution in [2.45, 2.75) is 95.9 Å². The Balaban J connectivity index is 1.16. The van der Waals surface area contributed by atoms with Crippen molar-refractivity contribution in [3.8, 4) is 0 Å². The van der Waals surface area contributed by atoms with Crippen molar-refractivity contribution in [2.75, 3.05) is 48.8 Å². The molecular formula is C50H62N4O5S. The van der Waals surface area contributed by atoms with Gasteiger partial charge in [-0.05, 0) is 123 Å². The smallest absolute Gasteiger partial charge is 0.294 e. The van der Waals surface area contributed by atoms with Crippen molar-refractivity contribution < 1.29 is 22.5 Å². The summed E-state index contributed by atoms with van der Waals surface area (Å²) in [4.78, 5) is 19.5. The van der Waals surface area contributed by atoms with Crippen LogP contribution in [0.25, 0.3) is 5.57 Å². The Kier molecular flexibility index (Phi) is 14.4. The average Bonchev–Trinajstić information content (AvgIpc) is 3.44. The number of rotatable bonds is 19. The van der Waals surface area contributed by atoms with Gasteiger partial charge in [0.1, 0.15) is 17.3 Å². The number of ketones is 1. The lowest BCUT2D eigenvalue weighted by atomic mass is 9.83. The number of ether oxygens (including phenoxy) is 1. The van der Waals surface area contributed by atoms with Gasteiger partial charge in [-0.1, -0.05) is 82.7 Å². The second-order valence-electron chi connectivity index (χ2n) is 16.5. The second-order valence-corrected chi connectivity index (χ2v) is 17.9. The van der Waals surface area contributed by atoms with Crippen LogP contribution < -0.4 is 15.5 Å². The summed E-state index contributed by atoms with van der Waals surface area (Å²) in [6.45, 7) is 14.1. The molecule has 60 heavy (non-hydrogen) atoms. The summed E-state index contributed by atoms with van der Waals surface area (Å²) in [5.41, 5.74) is 14.3. The molecule has 3 aliphatic rings. The highest BCUT2D eigenvalue weighted by molar-refractivity contribution is 7.85. The normalized spacial score (nSPS) is 18.0. The molecule has 3 N–H and O–H groups in total. The van der Waals surface area contributed by atoms with E-state index in [4.69, 9.17) is 10.5 Å². The predicted octanol–water partition coefficient (Wildman–Crippen LogP) is 10.4. The zero-order valence-corrected chi connectivity index (χ0v) is 37.0. The van der Waals surface area contributed by atoms with E-state index in [1.807, 2.05) is 42.5 Å². The fourth-order valence-electron chi connectivity index (χ4n) is 8.61. The molecule has 3 aromatic rings. The number of nitrogens with zero attached hydrogens (tertiary/aromatic N) is 3. The van der Waals surface area contributed by atoms with E-state index in [0.29, 0.717) is 25.2 Å². The lowest BCUT2D eigenvalue weighted by Crippen LogP contribution is -2.33. The number of benzene rings is 3. The van der Waals surface area contributed by atoms with Gasteiger partial charge in [0.2, 0.25) is 0 Å². The maximum atomic E-state index is 12.8. The number of carbonyl (C=O) groups is 1. The monoisotopic (exact) mass is 830 g/mol. The first kappa shape index (κ1) is 44.4. The summed E-state index contributed by atoms with van der Waals surface area (Å²) in [5.74, 6) is 1.91. The summed E-state index contributed by atoms with van der Waals surface area (Å²) in [6, 6.07) is 23.3. The first-order chi connectivity index (χ1) is 28.7. The van der Waals surface area contributed by atoms with Crippen LogP contribution >= 0.6 is 0 Å². The van der Waals surface area contributed by atoms with Crippen LogP contribution in [0.4, 0.5) is 17.1 Å². The second kappa shape index (κ2) is 19.5. The number of nitrogen functional groups attached to an aromatic ring is 1. The van der Waals surface area contributed by atoms with Crippen LogP contribution in [0, 0.1) is 0 Å². The van der Waals surface area contributed by atoms with Gasteiger partial charge in [0.05, 0.1) is 10.9 Å². The van der Waals surface area contributed by atoms with Crippen LogP contribution in [-0.4, -0.2) is 62.9 Å². The first-order valence-electron chi connectivity index (χ1n) is 21.4. The number of unbranched alkanes of at least 4 members (excludes halogenated alkanes) is 3. The van der Waals surface area contributed by atoms with E-state index in [9.17, 15) is 17.8 Å². The molecule has 0 fully saturated rings. The highest BCUT2D eigenvalue weighted by atomic mass is 32.2. The number of Topliss-reactive ketones (excluding diaryl/α,β-unsaturated/α-hetero) is 1. The lowest BCUT2D eigenvalue weighted by molar-refractivity contribution is -0.119. The zero-order valence-electron chi connectivity index (χ0n) is 36.2. The van der Waals surface area contributed by atoms with Gasteiger partial charge in [0.15, 0.2) is 0 Å². The van der Waals surface area contributed by atoms with Gasteiger partial charge in [0.25, 0.3) is 10.1 Å². The minimum atomic E-state index is -4.39. The van der Waals surface area contributed by atoms with E-state index < -0.39 is 15.5 Å². The third kappa shape index (κ3) is 10.2. The maximum Gasteiger partial charge on any atom is 0.294 e. The van der Waals surface area contributed by atoms with E-state index in [0.717, 1.165) is 114 Å². The Hall–Kier alpha value is -5.16. The van der Waals surface area contributed by atoms with E-state index in [1.54, 1.807) is 12.1 Å². The quantitative estimate of drug-likeness (QED) is 0.0692. The van der Waals surface area contributed by atoms with Gasteiger partial charge >= 0.3 is 0 Å². The van der Waals surface area contributed by atoms with Crippen LogP contribution in [0.15, 0.2) is 143 Å². The molecule has 0 saturated carbocycles. The van der Waals surface area contributed by atoms with E-state index >= 15 is 0 Å². The Morgan fingerprint density at radius 1 is 0.950 bits per heavy atom. The third-order valence-electron chi connectivity index (χ3n) is 12.1. The molecule has 2 aliphatic heterocycles. The van der Waals surface area contributed by atoms with Crippen LogP contribution in [0.2, 0.25) is 0 Å². The maximum absolute atomic E-state index is 12.8. The van der Waals surface area contributed by atoms with Crippen molar-refractivity contribution in [3.63, 3.8) is 0 Å². The molecule has 3 aromatic carbocycles. The van der Waals surface area contributed by atoms with Gasteiger partial charge in [-0.25, -0.2) is 0 Å². The molecule has 318 valence electrons. The molecule has 6 rings (SSSR count). The van der Waals surface area contributed by atoms with E-state index in [2.05, 4.69) is 105 Å². The topological polar surface area (TPSA) is 116 Å². The summed E-state index contributed by atoms with van der Waals surface area (Å²) in [5, 5.41) is 0. The molecule has 9 nitrogen and oxygen atoms in total. The number of hydrogen-bond acceptors (Lipinski definition) is 8.